The molecule has 1 aromatic carbocycles. The molecule has 0 spiro atoms. The zero-order chi connectivity index (χ0) is 14.8. The maximum atomic E-state index is 10.8. The van der Waals surface area contributed by atoms with Crippen molar-refractivity contribution in [3.05, 3.63) is 29.3 Å². The van der Waals surface area contributed by atoms with Gasteiger partial charge in [0.15, 0.2) is 0 Å². The van der Waals surface area contributed by atoms with Crippen LogP contribution in [0.25, 0.3) is 0 Å². The number of carboxylic acid groups (broad SMARTS) is 1. The summed E-state index contributed by atoms with van der Waals surface area (Å²) in [5, 5.41) is 8.85. The van der Waals surface area contributed by atoms with Crippen molar-refractivity contribution in [2.45, 2.75) is 65.2 Å². The van der Waals surface area contributed by atoms with Crippen molar-refractivity contribution < 1.29 is 14.6 Å². The van der Waals surface area contributed by atoms with Crippen molar-refractivity contribution in [1.29, 1.82) is 0 Å². The number of rotatable bonds is 9. The maximum absolute atomic E-state index is 10.8. The number of carbonyl (C=O) groups is 1. The molecule has 3 nitrogen and oxygen atoms in total. The summed E-state index contributed by atoms with van der Waals surface area (Å²) in [7, 11) is 0. The highest BCUT2D eigenvalue weighted by Crippen LogP contribution is 2.26. The fourth-order valence-corrected chi connectivity index (χ4v) is 2.41. The van der Waals surface area contributed by atoms with Crippen LogP contribution in [-0.2, 0) is 12.8 Å². The van der Waals surface area contributed by atoms with Gasteiger partial charge in [0.25, 0.3) is 0 Å². The van der Waals surface area contributed by atoms with Crippen LogP contribution in [0.4, 0.5) is 4.79 Å². The van der Waals surface area contributed by atoms with Crippen LogP contribution in [0.3, 0.4) is 0 Å². The van der Waals surface area contributed by atoms with Gasteiger partial charge < -0.3 is 9.84 Å². The molecule has 0 saturated heterocycles. The van der Waals surface area contributed by atoms with E-state index in [0.717, 1.165) is 37.7 Å². The molecule has 112 valence electrons. The van der Waals surface area contributed by atoms with E-state index in [4.69, 9.17) is 9.84 Å². The van der Waals surface area contributed by atoms with E-state index in [1.807, 2.05) is 6.07 Å². The summed E-state index contributed by atoms with van der Waals surface area (Å²) in [6.45, 7) is 4.35. The van der Waals surface area contributed by atoms with Crippen LogP contribution in [0.2, 0.25) is 0 Å². The van der Waals surface area contributed by atoms with Crippen molar-refractivity contribution in [2.75, 3.05) is 0 Å². The summed E-state index contributed by atoms with van der Waals surface area (Å²) in [5.74, 6) is 0.516. The maximum Gasteiger partial charge on any atom is 0.511 e. The minimum absolute atomic E-state index is 0.516. The lowest BCUT2D eigenvalue weighted by molar-refractivity contribution is 0.144. The van der Waals surface area contributed by atoms with Gasteiger partial charge in [-0.2, -0.15) is 0 Å². The highest BCUT2D eigenvalue weighted by Gasteiger charge is 2.12. The lowest BCUT2D eigenvalue weighted by Crippen LogP contribution is -2.07. The van der Waals surface area contributed by atoms with Gasteiger partial charge in [-0.25, -0.2) is 4.79 Å². The lowest BCUT2D eigenvalue weighted by atomic mass is 9.96. The third-order valence-corrected chi connectivity index (χ3v) is 3.51. The standard InChI is InChI=1S/C17H26O3/c1-3-5-7-8-12-15-14(10-6-4-2)11-9-13-16(15)20-17(18)19/h9,11,13H,3-8,10,12H2,1-2H3,(H,18,19). The number of ether oxygens (including phenoxy) is 1. The smallest absolute Gasteiger partial charge is 0.449 e. The van der Waals surface area contributed by atoms with Crippen molar-refractivity contribution in [1.82, 2.24) is 0 Å². The van der Waals surface area contributed by atoms with Gasteiger partial charge in [-0.05, 0) is 42.9 Å². The van der Waals surface area contributed by atoms with Gasteiger partial charge in [-0.3, -0.25) is 0 Å². The number of hydrogen-bond acceptors (Lipinski definition) is 2. The second kappa shape index (κ2) is 9.40. The highest BCUT2D eigenvalue weighted by molar-refractivity contribution is 5.62. The van der Waals surface area contributed by atoms with Gasteiger partial charge in [0.1, 0.15) is 5.75 Å². The summed E-state index contributed by atoms with van der Waals surface area (Å²) in [4.78, 5) is 10.8. The normalized spacial score (nSPS) is 10.5. The second-order valence-electron chi connectivity index (χ2n) is 5.18. The number of unbranched alkanes of at least 4 members (excludes halogenated alkanes) is 4. The van der Waals surface area contributed by atoms with E-state index in [1.54, 1.807) is 6.07 Å². The molecule has 0 atom stereocenters. The van der Waals surface area contributed by atoms with Gasteiger partial charge >= 0.3 is 6.16 Å². The van der Waals surface area contributed by atoms with Crippen LogP contribution in [0.5, 0.6) is 5.75 Å². The zero-order valence-electron chi connectivity index (χ0n) is 12.7. The van der Waals surface area contributed by atoms with Gasteiger partial charge in [0.05, 0.1) is 0 Å². The molecule has 0 aliphatic carbocycles. The topological polar surface area (TPSA) is 46.5 Å². The van der Waals surface area contributed by atoms with Gasteiger partial charge in [0, 0.05) is 0 Å². The third-order valence-electron chi connectivity index (χ3n) is 3.51. The molecule has 1 N–H and O–H groups in total. The van der Waals surface area contributed by atoms with E-state index in [9.17, 15) is 4.79 Å². The lowest BCUT2D eigenvalue weighted by Gasteiger charge is -2.13. The summed E-state index contributed by atoms with van der Waals surface area (Å²) in [6, 6.07) is 5.75. The molecule has 0 aromatic heterocycles. The van der Waals surface area contributed by atoms with E-state index in [2.05, 4.69) is 19.9 Å². The van der Waals surface area contributed by atoms with E-state index in [1.165, 1.54) is 24.8 Å². The van der Waals surface area contributed by atoms with Crippen LogP contribution in [-0.4, -0.2) is 11.3 Å². The Labute approximate surface area is 122 Å². The monoisotopic (exact) mass is 278 g/mol. The van der Waals surface area contributed by atoms with E-state index < -0.39 is 6.16 Å². The minimum atomic E-state index is -1.23. The summed E-state index contributed by atoms with van der Waals surface area (Å²) >= 11 is 0. The number of benzene rings is 1. The first-order valence-corrected chi connectivity index (χ1v) is 7.70. The Kier molecular flexibility index (Phi) is 7.78. The largest absolute Gasteiger partial charge is 0.511 e. The first kappa shape index (κ1) is 16.5. The molecule has 0 radical (unpaired) electrons. The highest BCUT2D eigenvalue weighted by atomic mass is 16.7. The molecule has 0 saturated carbocycles. The van der Waals surface area contributed by atoms with Gasteiger partial charge in [0.2, 0.25) is 0 Å². The number of aryl methyl sites for hydroxylation is 1. The fourth-order valence-electron chi connectivity index (χ4n) is 2.41. The average molecular weight is 278 g/mol. The molecule has 0 heterocycles. The summed E-state index contributed by atoms with van der Waals surface area (Å²) in [5.41, 5.74) is 2.32. The Hall–Kier alpha value is -1.51. The Morgan fingerprint density at radius 2 is 1.80 bits per heavy atom. The number of hydrogen-bond donors (Lipinski definition) is 1. The molecule has 1 aromatic rings. The molecule has 20 heavy (non-hydrogen) atoms. The molecule has 1 rings (SSSR count). The molecule has 0 unspecified atom stereocenters. The van der Waals surface area contributed by atoms with Gasteiger partial charge in [-0.1, -0.05) is 51.7 Å². The average Bonchev–Trinajstić information content (AvgIpc) is 2.42. The van der Waals surface area contributed by atoms with Crippen molar-refractivity contribution in [3.8, 4) is 5.75 Å². The summed E-state index contributed by atoms with van der Waals surface area (Å²) < 4.78 is 4.94. The molecular formula is C17H26O3. The quantitative estimate of drug-likeness (QED) is 0.383. The molecule has 0 amide bonds. The minimum Gasteiger partial charge on any atom is -0.449 e. The van der Waals surface area contributed by atoms with E-state index >= 15 is 0 Å². The Morgan fingerprint density at radius 3 is 2.45 bits per heavy atom. The van der Waals surface area contributed by atoms with Crippen LogP contribution in [0.15, 0.2) is 18.2 Å². The third kappa shape index (κ3) is 5.64. The first-order valence-electron chi connectivity index (χ1n) is 7.70. The van der Waals surface area contributed by atoms with Crippen LogP contribution < -0.4 is 4.74 Å². The zero-order valence-corrected chi connectivity index (χ0v) is 12.7. The molecule has 0 aliphatic rings. The van der Waals surface area contributed by atoms with Crippen molar-refractivity contribution in [3.63, 3.8) is 0 Å². The van der Waals surface area contributed by atoms with E-state index in [-0.39, 0.29) is 0 Å². The van der Waals surface area contributed by atoms with Crippen LogP contribution in [0, 0.1) is 0 Å². The predicted octanol–water partition coefficient (Wildman–Crippen LogP) is 5.21. The SMILES string of the molecule is CCCCCCc1c(CCCC)cccc1OC(=O)O. The van der Waals surface area contributed by atoms with Crippen LogP contribution in [0.1, 0.15) is 63.5 Å². The summed E-state index contributed by atoms with van der Waals surface area (Å²) in [6.07, 6.45) is 7.64. The molecule has 0 bridgehead atoms. The fraction of sp³-hybridized carbons (Fsp3) is 0.588. The molecule has 0 fully saturated rings. The van der Waals surface area contributed by atoms with E-state index in [0.29, 0.717) is 5.75 Å². The van der Waals surface area contributed by atoms with Crippen molar-refractivity contribution in [2.24, 2.45) is 0 Å². The van der Waals surface area contributed by atoms with Crippen molar-refractivity contribution >= 4 is 6.16 Å². The first-order chi connectivity index (χ1) is 9.69. The Balaban J connectivity index is 2.83. The molecule has 3 heteroatoms. The molecule has 0 aliphatic heterocycles. The van der Waals surface area contributed by atoms with Crippen LogP contribution >= 0.6 is 0 Å². The van der Waals surface area contributed by atoms with Gasteiger partial charge in [-0.15, -0.1) is 0 Å². The molecular weight excluding hydrogens is 252 g/mol. The second-order valence-corrected chi connectivity index (χ2v) is 5.18. The Bertz CT molecular complexity index is 413. The predicted molar refractivity (Wildman–Crippen MR) is 81.6 cm³/mol. The Morgan fingerprint density at radius 1 is 1.05 bits per heavy atom.